The summed E-state index contributed by atoms with van der Waals surface area (Å²) in [6.07, 6.45) is 0. The number of benzene rings is 2. The fourth-order valence-corrected chi connectivity index (χ4v) is 3.25. The SMILES string of the molecule is Cc1ccc(C)c(SC(C)C(=O)Nc2cc([N+](=O)[O-])ccc2Cl)c1. The average molecular weight is 365 g/mol. The Bertz CT molecular complexity index is 795. The minimum Gasteiger partial charge on any atom is -0.324 e. The predicted octanol–water partition coefficient (Wildman–Crippen LogP) is 4.98. The molecule has 0 aliphatic heterocycles. The first-order valence-electron chi connectivity index (χ1n) is 7.26. The van der Waals surface area contributed by atoms with Gasteiger partial charge in [-0.05, 0) is 38.5 Å². The van der Waals surface area contributed by atoms with Gasteiger partial charge in [0.05, 0.1) is 20.9 Å². The van der Waals surface area contributed by atoms with Gasteiger partial charge < -0.3 is 5.32 Å². The Balaban J connectivity index is 2.13. The van der Waals surface area contributed by atoms with Crippen molar-refractivity contribution in [3.8, 4) is 0 Å². The van der Waals surface area contributed by atoms with Gasteiger partial charge in [-0.1, -0.05) is 29.3 Å². The molecule has 0 heterocycles. The largest absolute Gasteiger partial charge is 0.324 e. The Kier molecular flexibility index (Phi) is 5.85. The number of nitrogens with one attached hydrogen (secondary N) is 1. The van der Waals surface area contributed by atoms with Gasteiger partial charge in [0.15, 0.2) is 0 Å². The molecule has 7 heteroatoms. The predicted molar refractivity (Wildman–Crippen MR) is 98.0 cm³/mol. The molecule has 0 aliphatic rings. The van der Waals surface area contributed by atoms with Gasteiger partial charge in [0.1, 0.15) is 0 Å². The van der Waals surface area contributed by atoms with Crippen molar-refractivity contribution in [1.82, 2.24) is 0 Å². The van der Waals surface area contributed by atoms with Crippen LogP contribution in [0.4, 0.5) is 11.4 Å². The van der Waals surface area contributed by atoms with Gasteiger partial charge in [0.25, 0.3) is 5.69 Å². The summed E-state index contributed by atoms with van der Waals surface area (Å²) in [6, 6.07) is 10.0. The first kappa shape index (κ1) is 18.3. The van der Waals surface area contributed by atoms with E-state index in [9.17, 15) is 14.9 Å². The van der Waals surface area contributed by atoms with E-state index in [1.54, 1.807) is 6.92 Å². The Hall–Kier alpha value is -2.05. The number of hydrogen-bond acceptors (Lipinski definition) is 4. The van der Waals surface area contributed by atoms with Crippen LogP contribution in [0.3, 0.4) is 0 Å². The lowest BCUT2D eigenvalue weighted by atomic mass is 10.2. The molecule has 5 nitrogen and oxygen atoms in total. The number of amides is 1. The Morgan fingerprint density at radius 1 is 1.25 bits per heavy atom. The number of thioether (sulfide) groups is 1. The number of aryl methyl sites for hydroxylation is 2. The number of hydrogen-bond donors (Lipinski definition) is 1. The molecule has 1 amide bonds. The fraction of sp³-hybridized carbons (Fsp3) is 0.235. The Morgan fingerprint density at radius 2 is 1.96 bits per heavy atom. The van der Waals surface area contributed by atoms with Gasteiger partial charge in [-0.2, -0.15) is 0 Å². The van der Waals surface area contributed by atoms with E-state index in [-0.39, 0.29) is 27.6 Å². The zero-order valence-corrected chi connectivity index (χ0v) is 15.1. The van der Waals surface area contributed by atoms with Crippen molar-refractivity contribution in [2.45, 2.75) is 30.9 Å². The molecule has 1 atom stereocenters. The maximum atomic E-state index is 12.4. The smallest absolute Gasteiger partial charge is 0.271 e. The lowest BCUT2D eigenvalue weighted by Gasteiger charge is -2.14. The Labute approximate surface area is 149 Å². The fourth-order valence-electron chi connectivity index (χ4n) is 2.04. The number of carbonyl (C=O) groups is 1. The normalized spacial score (nSPS) is 11.8. The molecule has 0 aromatic heterocycles. The number of non-ortho nitro benzene ring substituents is 1. The van der Waals surface area contributed by atoms with Gasteiger partial charge in [-0.3, -0.25) is 14.9 Å². The molecule has 1 N–H and O–H groups in total. The second-order valence-electron chi connectivity index (χ2n) is 5.44. The van der Waals surface area contributed by atoms with Gasteiger partial charge in [-0.25, -0.2) is 0 Å². The van der Waals surface area contributed by atoms with Crippen LogP contribution in [0.25, 0.3) is 0 Å². The molecule has 0 bridgehead atoms. The average Bonchev–Trinajstić information content (AvgIpc) is 2.52. The summed E-state index contributed by atoms with van der Waals surface area (Å²) in [5.74, 6) is -0.261. The van der Waals surface area contributed by atoms with Crippen molar-refractivity contribution in [1.29, 1.82) is 0 Å². The highest BCUT2D eigenvalue weighted by molar-refractivity contribution is 8.00. The standard InChI is InChI=1S/C17H17ClN2O3S/c1-10-4-5-11(2)16(8-10)24-12(3)17(21)19-15-9-13(20(22)23)6-7-14(15)18/h4-9,12H,1-3H3,(H,19,21). The van der Waals surface area contributed by atoms with Gasteiger partial charge >= 0.3 is 0 Å². The summed E-state index contributed by atoms with van der Waals surface area (Å²) < 4.78 is 0. The number of anilines is 1. The van der Waals surface area contributed by atoms with E-state index in [1.165, 1.54) is 30.0 Å². The van der Waals surface area contributed by atoms with E-state index in [0.29, 0.717) is 0 Å². The van der Waals surface area contributed by atoms with Crippen LogP contribution >= 0.6 is 23.4 Å². The third-order valence-corrected chi connectivity index (χ3v) is 5.03. The molecule has 24 heavy (non-hydrogen) atoms. The van der Waals surface area contributed by atoms with E-state index >= 15 is 0 Å². The maximum Gasteiger partial charge on any atom is 0.271 e. The van der Waals surface area contributed by atoms with Crippen molar-refractivity contribution >= 4 is 40.6 Å². The van der Waals surface area contributed by atoms with Crippen LogP contribution in [-0.4, -0.2) is 16.1 Å². The van der Waals surface area contributed by atoms with Crippen LogP contribution in [0.2, 0.25) is 5.02 Å². The zero-order chi connectivity index (χ0) is 17.9. The highest BCUT2D eigenvalue weighted by Crippen LogP contribution is 2.30. The molecule has 0 spiro atoms. The quantitative estimate of drug-likeness (QED) is 0.461. The zero-order valence-electron chi connectivity index (χ0n) is 13.5. The molecular weight excluding hydrogens is 348 g/mol. The van der Waals surface area contributed by atoms with Crippen molar-refractivity contribution in [3.63, 3.8) is 0 Å². The van der Waals surface area contributed by atoms with E-state index in [1.807, 2.05) is 32.0 Å². The second kappa shape index (κ2) is 7.68. The highest BCUT2D eigenvalue weighted by Gasteiger charge is 2.18. The van der Waals surface area contributed by atoms with Crippen molar-refractivity contribution in [2.24, 2.45) is 0 Å². The minimum atomic E-state index is -0.528. The number of carbonyl (C=O) groups excluding carboxylic acids is 1. The first-order chi connectivity index (χ1) is 11.3. The summed E-state index contributed by atoms with van der Waals surface area (Å²) in [7, 11) is 0. The number of nitrogens with zero attached hydrogens (tertiary/aromatic N) is 1. The molecule has 0 saturated carbocycles. The molecule has 1 unspecified atom stereocenters. The van der Waals surface area contributed by atoms with Crippen molar-refractivity contribution in [2.75, 3.05) is 5.32 Å². The molecule has 2 aromatic carbocycles. The van der Waals surface area contributed by atoms with Crippen molar-refractivity contribution in [3.05, 3.63) is 62.7 Å². The summed E-state index contributed by atoms with van der Waals surface area (Å²) >= 11 is 7.45. The van der Waals surface area contributed by atoms with Crippen LogP contribution < -0.4 is 5.32 Å². The number of rotatable bonds is 5. The van der Waals surface area contributed by atoms with E-state index < -0.39 is 4.92 Å². The molecular formula is C17H17ClN2O3S. The lowest BCUT2D eigenvalue weighted by molar-refractivity contribution is -0.384. The van der Waals surface area contributed by atoms with Crippen LogP contribution in [0, 0.1) is 24.0 Å². The van der Waals surface area contributed by atoms with Crippen LogP contribution in [-0.2, 0) is 4.79 Å². The van der Waals surface area contributed by atoms with Crippen LogP contribution in [0.5, 0.6) is 0 Å². The van der Waals surface area contributed by atoms with Crippen LogP contribution in [0.15, 0.2) is 41.3 Å². The summed E-state index contributed by atoms with van der Waals surface area (Å²) in [5.41, 5.74) is 2.34. The molecule has 0 saturated heterocycles. The third kappa shape index (κ3) is 4.49. The van der Waals surface area contributed by atoms with E-state index in [4.69, 9.17) is 11.6 Å². The van der Waals surface area contributed by atoms with Crippen molar-refractivity contribution < 1.29 is 9.72 Å². The first-order valence-corrected chi connectivity index (χ1v) is 8.52. The van der Waals surface area contributed by atoms with Crippen LogP contribution in [0.1, 0.15) is 18.1 Å². The van der Waals surface area contributed by atoms with Gasteiger partial charge in [-0.15, -0.1) is 11.8 Å². The molecule has 0 fully saturated rings. The van der Waals surface area contributed by atoms with Gasteiger partial charge in [0.2, 0.25) is 5.91 Å². The second-order valence-corrected chi connectivity index (χ2v) is 7.23. The molecule has 0 radical (unpaired) electrons. The minimum absolute atomic E-state index is 0.121. The van der Waals surface area contributed by atoms with Gasteiger partial charge in [0, 0.05) is 17.0 Å². The van der Waals surface area contributed by atoms with E-state index in [0.717, 1.165) is 16.0 Å². The number of nitro benzene ring substituents is 1. The third-order valence-electron chi connectivity index (χ3n) is 3.44. The molecule has 126 valence electrons. The topological polar surface area (TPSA) is 72.2 Å². The molecule has 2 aromatic rings. The number of halogens is 1. The monoisotopic (exact) mass is 364 g/mol. The maximum absolute atomic E-state index is 12.4. The number of nitro groups is 1. The lowest BCUT2D eigenvalue weighted by Crippen LogP contribution is -2.22. The summed E-state index contributed by atoms with van der Waals surface area (Å²) in [4.78, 5) is 23.7. The Morgan fingerprint density at radius 3 is 2.62 bits per heavy atom. The highest BCUT2D eigenvalue weighted by atomic mass is 35.5. The molecule has 2 rings (SSSR count). The molecule has 0 aliphatic carbocycles. The summed E-state index contributed by atoms with van der Waals surface area (Å²) in [5, 5.41) is 13.4. The van der Waals surface area contributed by atoms with E-state index in [2.05, 4.69) is 5.32 Å². The summed E-state index contributed by atoms with van der Waals surface area (Å²) in [6.45, 7) is 5.77.